The van der Waals surface area contributed by atoms with Crippen LogP contribution in [-0.2, 0) is 6.54 Å². The van der Waals surface area contributed by atoms with Crippen LogP contribution >= 0.6 is 0 Å². The lowest BCUT2D eigenvalue weighted by atomic mass is 10.2. The van der Waals surface area contributed by atoms with Crippen LogP contribution in [0.2, 0.25) is 0 Å². The van der Waals surface area contributed by atoms with Crippen LogP contribution in [-0.4, -0.2) is 14.3 Å². The Hall–Kier alpha value is -2.89. The van der Waals surface area contributed by atoms with E-state index in [1.54, 1.807) is 19.1 Å². The highest BCUT2D eigenvalue weighted by Crippen LogP contribution is 2.22. The minimum absolute atomic E-state index is 0.133. The summed E-state index contributed by atoms with van der Waals surface area (Å²) in [5.74, 6) is 0. The van der Waals surface area contributed by atoms with E-state index >= 15 is 0 Å². The Labute approximate surface area is 127 Å². The topological polar surface area (TPSA) is 72.5 Å². The largest absolute Gasteiger partial charge is 0.379 e. The number of aryl methyl sites for hydroxylation is 2. The number of pyridine rings is 1. The molecule has 0 saturated heterocycles. The van der Waals surface area contributed by atoms with Crippen LogP contribution in [0.25, 0.3) is 5.65 Å². The highest BCUT2D eigenvalue weighted by atomic mass is 16.6. The molecule has 0 aliphatic rings. The molecule has 2 heterocycles. The zero-order chi connectivity index (χ0) is 15.7. The Balaban J connectivity index is 1.78. The van der Waals surface area contributed by atoms with Gasteiger partial charge in [0.05, 0.1) is 17.2 Å². The number of imidazole rings is 1. The molecule has 3 rings (SSSR count). The van der Waals surface area contributed by atoms with Gasteiger partial charge in [0, 0.05) is 29.2 Å². The lowest BCUT2D eigenvalue weighted by molar-refractivity contribution is -0.385. The van der Waals surface area contributed by atoms with Crippen LogP contribution in [0.4, 0.5) is 11.4 Å². The predicted molar refractivity (Wildman–Crippen MR) is 85.1 cm³/mol. The SMILES string of the molecule is Cc1cc(NCc2cn3c(C)cccc3n2)ccc1[N+](=O)[O-]. The molecule has 6 heteroatoms. The standard InChI is InChI=1S/C16H16N4O2/c1-11-8-13(6-7-15(11)20(21)22)17-9-14-10-19-12(2)4-3-5-16(19)18-14/h3-8,10,17H,9H2,1-2H3. The lowest BCUT2D eigenvalue weighted by Crippen LogP contribution is -2.00. The summed E-state index contributed by atoms with van der Waals surface area (Å²) in [6, 6.07) is 11.0. The van der Waals surface area contributed by atoms with Crippen molar-refractivity contribution in [2.45, 2.75) is 20.4 Å². The van der Waals surface area contributed by atoms with E-state index in [1.807, 2.05) is 35.7 Å². The quantitative estimate of drug-likeness (QED) is 0.591. The van der Waals surface area contributed by atoms with Crippen molar-refractivity contribution >= 4 is 17.0 Å². The van der Waals surface area contributed by atoms with Crippen LogP contribution < -0.4 is 5.32 Å². The maximum Gasteiger partial charge on any atom is 0.272 e. The molecule has 6 nitrogen and oxygen atoms in total. The van der Waals surface area contributed by atoms with E-state index in [0.717, 1.165) is 22.7 Å². The number of nitrogens with zero attached hydrogens (tertiary/aromatic N) is 3. The number of hydrogen-bond acceptors (Lipinski definition) is 4. The summed E-state index contributed by atoms with van der Waals surface area (Å²) >= 11 is 0. The van der Waals surface area contributed by atoms with Crippen LogP contribution in [0, 0.1) is 24.0 Å². The maximum atomic E-state index is 10.8. The van der Waals surface area contributed by atoms with Gasteiger partial charge in [0.1, 0.15) is 5.65 Å². The average molecular weight is 296 g/mol. The summed E-state index contributed by atoms with van der Waals surface area (Å²) in [5, 5.41) is 14.1. The van der Waals surface area contributed by atoms with E-state index in [0.29, 0.717) is 12.1 Å². The zero-order valence-electron chi connectivity index (χ0n) is 12.4. The van der Waals surface area contributed by atoms with E-state index in [9.17, 15) is 10.1 Å². The summed E-state index contributed by atoms with van der Waals surface area (Å²) in [6.07, 6.45) is 2.00. The highest BCUT2D eigenvalue weighted by Gasteiger charge is 2.10. The Kier molecular flexibility index (Phi) is 3.50. The fraction of sp³-hybridized carbons (Fsp3) is 0.188. The Bertz CT molecular complexity index is 854. The van der Waals surface area contributed by atoms with Crippen molar-refractivity contribution in [1.29, 1.82) is 0 Å². The number of nitro groups is 1. The van der Waals surface area contributed by atoms with E-state index in [-0.39, 0.29) is 10.6 Å². The number of rotatable bonds is 4. The van der Waals surface area contributed by atoms with E-state index in [2.05, 4.69) is 10.3 Å². The summed E-state index contributed by atoms with van der Waals surface area (Å²) in [7, 11) is 0. The zero-order valence-corrected chi connectivity index (χ0v) is 12.4. The Morgan fingerprint density at radius 1 is 1.27 bits per heavy atom. The van der Waals surface area contributed by atoms with Gasteiger partial charge in [-0.25, -0.2) is 4.98 Å². The van der Waals surface area contributed by atoms with Gasteiger partial charge in [-0.3, -0.25) is 10.1 Å². The van der Waals surface area contributed by atoms with Gasteiger partial charge in [-0.1, -0.05) is 6.07 Å². The van der Waals surface area contributed by atoms with Gasteiger partial charge in [0.25, 0.3) is 5.69 Å². The molecule has 0 unspecified atom stereocenters. The maximum absolute atomic E-state index is 10.8. The lowest BCUT2D eigenvalue weighted by Gasteiger charge is -2.05. The summed E-state index contributed by atoms with van der Waals surface area (Å²) in [6.45, 7) is 4.33. The third kappa shape index (κ3) is 2.63. The predicted octanol–water partition coefficient (Wildman–Crippen LogP) is 3.47. The van der Waals surface area contributed by atoms with Gasteiger partial charge < -0.3 is 9.72 Å². The Morgan fingerprint density at radius 2 is 2.09 bits per heavy atom. The molecular weight excluding hydrogens is 280 g/mol. The molecule has 0 saturated carbocycles. The molecule has 0 spiro atoms. The fourth-order valence-electron chi connectivity index (χ4n) is 2.45. The Morgan fingerprint density at radius 3 is 2.77 bits per heavy atom. The first-order valence-electron chi connectivity index (χ1n) is 6.97. The van der Waals surface area contributed by atoms with E-state index < -0.39 is 0 Å². The molecule has 2 aromatic heterocycles. The summed E-state index contributed by atoms with van der Waals surface area (Å²) in [4.78, 5) is 15.0. The van der Waals surface area contributed by atoms with Crippen molar-refractivity contribution in [1.82, 2.24) is 9.38 Å². The van der Waals surface area contributed by atoms with Crippen LogP contribution in [0.3, 0.4) is 0 Å². The average Bonchev–Trinajstić information content (AvgIpc) is 2.89. The van der Waals surface area contributed by atoms with Crippen LogP contribution in [0.1, 0.15) is 17.0 Å². The summed E-state index contributed by atoms with van der Waals surface area (Å²) in [5.41, 5.74) is 4.58. The second kappa shape index (κ2) is 5.48. The van der Waals surface area contributed by atoms with E-state index in [4.69, 9.17) is 0 Å². The summed E-state index contributed by atoms with van der Waals surface area (Å²) < 4.78 is 2.04. The minimum Gasteiger partial charge on any atom is -0.379 e. The van der Waals surface area contributed by atoms with Crippen molar-refractivity contribution in [3.05, 3.63) is 69.7 Å². The number of aromatic nitrogens is 2. The minimum atomic E-state index is -0.371. The molecule has 22 heavy (non-hydrogen) atoms. The molecule has 0 bridgehead atoms. The van der Waals surface area contributed by atoms with Gasteiger partial charge in [-0.15, -0.1) is 0 Å². The molecule has 1 aromatic carbocycles. The van der Waals surface area contributed by atoms with Crippen molar-refractivity contribution in [2.75, 3.05) is 5.32 Å². The molecule has 0 fully saturated rings. The van der Waals surface area contributed by atoms with Crippen molar-refractivity contribution in [3.8, 4) is 0 Å². The molecule has 0 atom stereocenters. The molecule has 0 radical (unpaired) electrons. The first-order valence-corrected chi connectivity index (χ1v) is 6.97. The second-order valence-electron chi connectivity index (χ2n) is 5.24. The van der Waals surface area contributed by atoms with E-state index in [1.165, 1.54) is 6.07 Å². The van der Waals surface area contributed by atoms with Gasteiger partial charge in [0.2, 0.25) is 0 Å². The molecule has 0 amide bonds. The monoisotopic (exact) mass is 296 g/mol. The third-order valence-corrected chi connectivity index (χ3v) is 3.61. The fourth-order valence-corrected chi connectivity index (χ4v) is 2.45. The molecule has 112 valence electrons. The highest BCUT2D eigenvalue weighted by molar-refractivity contribution is 5.53. The number of fused-ring (bicyclic) bond motifs is 1. The smallest absolute Gasteiger partial charge is 0.272 e. The van der Waals surface area contributed by atoms with Crippen molar-refractivity contribution in [2.24, 2.45) is 0 Å². The number of nitro benzene ring substituents is 1. The molecular formula is C16H16N4O2. The van der Waals surface area contributed by atoms with Crippen molar-refractivity contribution in [3.63, 3.8) is 0 Å². The van der Waals surface area contributed by atoms with Crippen LogP contribution in [0.15, 0.2) is 42.6 Å². The first-order chi connectivity index (χ1) is 10.5. The van der Waals surface area contributed by atoms with Gasteiger partial charge in [-0.2, -0.15) is 0 Å². The van der Waals surface area contributed by atoms with Gasteiger partial charge in [-0.05, 0) is 38.1 Å². The molecule has 0 aliphatic heterocycles. The number of benzene rings is 1. The molecule has 0 aliphatic carbocycles. The molecule has 1 N–H and O–H groups in total. The van der Waals surface area contributed by atoms with Gasteiger partial charge >= 0.3 is 0 Å². The van der Waals surface area contributed by atoms with Crippen molar-refractivity contribution < 1.29 is 4.92 Å². The number of anilines is 1. The normalized spacial score (nSPS) is 10.8. The number of nitrogens with one attached hydrogen (secondary N) is 1. The third-order valence-electron chi connectivity index (χ3n) is 3.61. The number of hydrogen-bond donors (Lipinski definition) is 1. The second-order valence-corrected chi connectivity index (χ2v) is 5.24. The van der Waals surface area contributed by atoms with Crippen LogP contribution in [0.5, 0.6) is 0 Å². The molecule has 3 aromatic rings. The van der Waals surface area contributed by atoms with Gasteiger partial charge in [0.15, 0.2) is 0 Å². The first kappa shape index (κ1) is 14.1.